The van der Waals surface area contributed by atoms with Gasteiger partial charge in [0.15, 0.2) is 5.13 Å². The number of rotatable bonds is 3. The van der Waals surface area contributed by atoms with E-state index >= 15 is 0 Å². The topological polar surface area (TPSA) is 133 Å². The Morgan fingerprint density at radius 2 is 2.00 bits per heavy atom. The van der Waals surface area contributed by atoms with Gasteiger partial charge in [0.05, 0.1) is 40.8 Å². The van der Waals surface area contributed by atoms with E-state index in [1.807, 2.05) is 0 Å². The van der Waals surface area contributed by atoms with Gasteiger partial charge >= 0.3 is 12.2 Å². The highest BCUT2D eigenvalue weighted by Gasteiger charge is 2.44. The van der Waals surface area contributed by atoms with Crippen LogP contribution in [0.2, 0.25) is 0 Å². The monoisotopic (exact) mass is 462 g/mol. The van der Waals surface area contributed by atoms with Crippen LogP contribution in [0.25, 0.3) is 0 Å². The van der Waals surface area contributed by atoms with Crippen LogP contribution in [0.1, 0.15) is 37.4 Å². The summed E-state index contributed by atoms with van der Waals surface area (Å²) in [6.45, 7) is 5.92. The number of morpholine rings is 1. The van der Waals surface area contributed by atoms with Crippen molar-refractivity contribution >= 4 is 34.3 Å². The third-order valence-electron chi connectivity index (χ3n) is 4.85. The van der Waals surface area contributed by atoms with Gasteiger partial charge in [-0.05, 0) is 32.9 Å². The van der Waals surface area contributed by atoms with Crippen LogP contribution in [0.15, 0.2) is 24.3 Å². The van der Waals surface area contributed by atoms with E-state index < -0.39 is 28.8 Å². The summed E-state index contributed by atoms with van der Waals surface area (Å²) in [5, 5.41) is 13.8. The lowest BCUT2D eigenvalue weighted by Crippen LogP contribution is -2.54. The van der Waals surface area contributed by atoms with Crippen molar-refractivity contribution in [3.05, 3.63) is 45.0 Å². The lowest BCUT2D eigenvalue weighted by molar-refractivity contribution is -0.384. The number of thiazole rings is 1. The maximum absolute atomic E-state index is 13.0. The number of carbonyl (C=O) groups is 2. The van der Waals surface area contributed by atoms with Gasteiger partial charge < -0.3 is 14.2 Å². The molecule has 32 heavy (non-hydrogen) atoms. The minimum Gasteiger partial charge on any atom is -0.444 e. The standard InChI is InChI=1S/C20H22N4O7S/c1-20(2,3)31-18(25)22-17-21-14-8-12-9-29-10-15(16(14)32-17)23(12)19(26)30-13-6-4-11(5-7-13)24(27)28/h4-7,12,15H,8-10H2,1-3H3,(H,21,22,25). The Hall–Kier alpha value is -3.25. The second kappa shape index (κ2) is 8.36. The van der Waals surface area contributed by atoms with E-state index in [0.717, 1.165) is 10.6 Å². The van der Waals surface area contributed by atoms with Crippen LogP contribution in [0.3, 0.4) is 0 Å². The molecule has 2 amide bonds. The van der Waals surface area contributed by atoms with Crippen LogP contribution in [-0.4, -0.2) is 51.9 Å². The Labute approximate surface area is 187 Å². The molecule has 2 aromatic rings. The third-order valence-corrected chi connectivity index (χ3v) is 5.96. The van der Waals surface area contributed by atoms with Gasteiger partial charge in [-0.3, -0.25) is 20.3 Å². The van der Waals surface area contributed by atoms with Crippen molar-refractivity contribution < 1.29 is 28.7 Å². The molecule has 2 atom stereocenters. The van der Waals surface area contributed by atoms with Gasteiger partial charge in [-0.2, -0.15) is 0 Å². The highest BCUT2D eigenvalue weighted by Crippen LogP contribution is 2.41. The smallest absolute Gasteiger partial charge is 0.416 e. The van der Waals surface area contributed by atoms with Crippen LogP contribution in [0, 0.1) is 10.1 Å². The molecule has 2 aliphatic rings. The fraction of sp³-hybridized carbons (Fsp3) is 0.450. The molecular formula is C20H22N4O7S. The Morgan fingerprint density at radius 1 is 1.28 bits per heavy atom. The maximum atomic E-state index is 13.0. The van der Waals surface area contributed by atoms with Gasteiger partial charge in [-0.15, -0.1) is 0 Å². The van der Waals surface area contributed by atoms with E-state index in [1.165, 1.54) is 35.6 Å². The van der Waals surface area contributed by atoms with E-state index in [-0.39, 0.29) is 24.1 Å². The molecule has 12 heteroatoms. The van der Waals surface area contributed by atoms with Crippen LogP contribution in [0.5, 0.6) is 5.75 Å². The van der Waals surface area contributed by atoms with Crippen molar-refractivity contribution in [2.24, 2.45) is 0 Å². The van der Waals surface area contributed by atoms with E-state index in [9.17, 15) is 19.7 Å². The summed E-state index contributed by atoms with van der Waals surface area (Å²) in [6.07, 6.45) is -0.719. The maximum Gasteiger partial charge on any atom is 0.416 e. The van der Waals surface area contributed by atoms with Crippen molar-refractivity contribution in [2.45, 2.75) is 44.9 Å². The summed E-state index contributed by atoms with van der Waals surface area (Å²) in [7, 11) is 0. The molecule has 1 N–H and O–H groups in total. The number of hydrogen-bond acceptors (Lipinski definition) is 9. The molecule has 1 aromatic carbocycles. The fourth-order valence-electron chi connectivity index (χ4n) is 3.59. The first-order valence-electron chi connectivity index (χ1n) is 9.92. The molecule has 2 aliphatic heterocycles. The molecule has 3 heterocycles. The average molecular weight is 462 g/mol. The zero-order valence-corrected chi connectivity index (χ0v) is 18.5. The summed E-state index contributed by atoms with van der Waals surface area (Å²) < 4.78 is 16.4. The second-order valence-electron chi connectivity index (χ2n) is 8.39. The van der Waals surface area contributed by atoms with Crippen molar-refractivity contribution in [1.29, 1.82) is 0 Å². The molecule has 0 spiro atoms. The Balaban J connectivity index is 1.50. The molecule has 1 saturated heterocycles. The summed E-state index contributed by atoms with van der Waals surface area (Å²) >= 11 is 1.26. The second-order valence-corrected chi connectivity index (χ2v) is 9.42. The molecule has 0 radical (unpaired) electrons. The van der Waals surface area contributed by atoms with Gasteiger partial charge in [0.1, 0.15) is 11.4 Å². The van der Waals surface area contributed by atoms with Gasteiger partial charge in [0.2, 0.25) is 0 Å². The number of ether oxygens (including phenoxy) is 3. The van der Waals surface area contributed by atoms with E-state index in [2.05, 4.69) is 10.3 Å². The quantitative estimate of drug-likeness (QED) is 0.536. The Bertz CT molecular complexity index is 1050. The predicted molar refractivity (Wildman–Crippen MR) is 114 cm³/mol. The predicted octanol–water partition coefficient (Wildman–Crippen LogP) is 3.90. The molecule has 1 aromatic heterocycles. The van der Waals surface area contributed by atoms with E-state index in [1.54, 1.807) is 25.7 Å². The summed E-state index contributed by atoms with van der Waals surface area (Å²) in [6, 6.07) is 4.63. The molecule has 11 nitrogen and oxygen atoms in total. The molecule has 1 fully saturated rings. The molecule has 2 unspecified atom stereocenters. The van der Waals surface area contributed by atoms with Crippen molar-refractivity contribution in [3.63, 3.8) is 0 Å². The van der Waals surface area contributed by atoms with Crippen molar-refractivity contribution in [3.8, 4) is 5.75 Å². The van der Waals surface area contributed by atoms with Crippen LogP contribution in [-0.2, 0) is 15.9 Å². The lowest BCUT2D eigenvalue weighted by Gasteiger charge is -2.43. The molecule has 2 bridgehead atoms. The van der Waals surface area contributed by atoms with E-state index in [4.69, 9.17) is 14.2 Å². The summed E-state index contributed by atoms with van der Waals surface area (Å²) in [5.74, 6) is 0.210. The summed E-state index contributed by atoms with van der Waals surface area (Å²) in [5.41, 5.74) is 0.0788. The highest BCUT2D eigenvalue weighted by molar-refractivity contribution is 7.16. The molecule has 0 saturated carbocycles. The number of benzene rings is 1. The minimum absolute atomic E-state index is 0.0904. The molecule has 0 aliphatic carbocycles. The number of amides is 2. The minimum atomic E-state index is -0.635. The first-order chi connectivity index (χ1) is 15.1. The van der Waals surface area contributed by atoms with Gasteiger partial charge in [-0.25, -0.2) is 14.6 Å². The largest absolute Gasteiger partial charge is 0.444 e. The lowest BCUT2D eigenvalue weighted by atomic mass is 9.97. The zero-order chi connectivity index (χ0) is 23.0. The van der Waals surface area contributed by atoms with Gasteiger partial charge in [0.25, 0.3) is 5.69 Å². The Morgan fingerprint density at radius 3 is 2.66 bits per heavy atom. The number of nitrogens with zero attached hydrogens (tertiary/aromatic N) is 3. The number of aromatic nitrogens is 1. The number of nitro benzene ring substituents is 1. The number of nitro groups is 1. The number of fused-ring (bicyclic) bond motifs is 4. The number of non-ortho nitro benzene ring substituents is 1. The average Bonchev–Trinajstić information content (AvgIpc) is 3.08. The molecule has 170 valence electrons. The number of anilines is 1. The SMILES string of the molecule is CC(C)(C)OC(=O)Nc1nc2c(s1)C1COCC(C2)N1C(=O)Oc1ccc([N+](=O)[O-])cc1. The first-order valence-corrected chi connectivity index (χ1v) is 10.7. The van der Waals surface area contributed by atoms with Crippen molar-refractivity contribution in [1.82, 2.24) is 9.88 Å². The number of hydrogen-bond donors (Lipinski definition) is 1. The van der Waals surface area contributed by atoms with Gasteiger partial charge in [0, 0.05) is 18.6 Å². The fourth-order valence-corrected chi connectivity index (χ4v) is 4.66. The number of nitrogens with one attached hydrogen (secondary N) is 1. The first kappa shape index (κ1) is 22.0. The zero-order valence-electron chi connectivity index (χ0n) is 17.7. The van der Waals surface area contributed by atoms with Crippen LogP contribution in [0.4, 0.5) is 20.4 Å². The number of carbonyl (C=O) groups excluding carboxylic acids is 2. The molecule has 4 rings (SSSR count). The van der Waals surface area contributed by atoms with Crippen LogP contribution >= 0.6 is 11.3 Å². The van der Waals surface area contributed by atoms with Gasteiger partial charge in [-0.1, -0.05) is 11.3 Å². The van der Waals surface area contributed by atoms with Crippen molar-refractivity contribution in [2.75, 3.05) is 18.5 Å². The normalized spacial score (nSPS) is 19.7. The highest BCUT2D eigenvalue weighted by atomic mass is 32.1. The Kier molecular flexibility index (Phi) is 5.73. The molecular weight excluding hydrogens is 440 g/mol. The van der Waals surface area contributed by atoms with E-state index in [0.29, 0.717) is 18.2 Å². The summed E-state index contributed by atoms with van der Waals surface area (Å²) in [4.78, 5) is 42.3. The third kappa shape index (κ3) is 4.65. The van der Waals surface area contributed by atoms with Crippen LogP contribution < -0.4 is 10.1 Å².